The average Bonchev–Trinajstić information content (AvgIpc) is 2.13. The highest BCUT2D eigenvalue weighted by Gasteiger charge is 2.26. The van der Waals surface area contributed by atoms with Gasteiger partial charge in [0.2, 0.25) is 0 Å². The van der Waals surface area contributed by atoms with E-state index < -0.39 is 0 Å². The predicted molar refractivity (Wildman–Crippen MR) is 68.0 cm³/mol. The molecule has 1 heterocycles. The zero-order valence-electron chi connectivity index (χ0n) is 11.0. The van der Waals surface area contributed by atoms with E-state index >= 15 is 0 Å². The fourth-order valence-electron chi connectivity index (χ4n) is 2.18. The van der Waals surface area contributed by atoms with Crippen LogP contribution < -0.4 is 0 Å². The molecule has 0 amide bonds. The Bertz CT molecular complexity index is 184. The first-order valence-corrected chi connectivity index (χ1v) is 6.38. The van der Waals surface area contributed by atoms with Crippen molar-refractivity contribution in [2.75, 3.05) is 13.1 Å². The van der Waals surface area contributed by atoms with Gasteiger partial charge in [0.15, 0.2) is 0 Å². The summed E-state index contributed by atoms with van der Waals surface area (Å²) >= 11 is 0. The Hall–Kier alpha value is -0.0151. The number of ether oxygens (including phenoxy) is 1. The van der Waals surface area contributed by atoms with E-state index in [1.807, 2.05) is 0 Å². The van der Waals surface area contributed by atoms with E-state index in [1.54, 1.807) is 0 Å². The molecular weight excluding hydrogens is 185 g/mol. The van der Waals surface area contributed by atoms with E-state index in [0.29, 0.717) is 18.1 Å². The Morgan fingerprint density at radius 1 is 1.27 bits per heavy atom. The molecule has 0 saturated carbocycles. The van der Waals surface area contributed by atoms with Crippen LogP contribution in [0.2, 0.25) is 0 Å². The van der Waals surface area contributed by atoms with Gasteiger partial charge in [0.25, 0.3) is 0 Å². The van der Waals surface area contributed by atoms with Crippen LogP contribution in [0.15, 0.2) is 0 Å². The number of hydrogen-bond donors (Lipinski definition) is 0. The van der Waals surface area contributed by atoms with E-state index in [2.05, 4.69) is 40.4 Å². The summed E-state index contributed by atoms with van der Waals surface area (Å²) in [6.07, 6.45) is 2.95. The first kappa shape index (κ1) is 13.1. The Morgan fingerprint density at radius 2 is 1.93 bits per heavy atom. The molecule has 0 aromatic carbocycles. The van der Waals surface area contributed by atoms with Crippen molar-refractivity contribution in [1.82, 2.24) is 4.90 Å². The van der Waals surface area contributed by atoms with Gasteiger partial charge in [0, 0.05) is 25.1 Å². The molecule has 0 radical (unpaired) electrons. The molecule has 0 aliphatic carbocycles. The maximum absolute atomic E-state index is 5.98. The molecule has 3 heteroatoms. The van der Waals surface area contributed by atoms with E-state index in [9.17, 15) is 0 Å². The Kier molecular flexibility index (Phi) is 5.14. The van der Waals surface area contributed by atoms with Crippen LogP contribution >= 0.6 is 0 Å². The normalized spacial score (nSPS) is 28.9. The molecule has 0 spiro atoms. The molecule has 1 rings (SSSR count). The van der Waals surface area contributed by atoms with Crippen LogP contribution in [0.25, 0.3) is 0 Å². The van der Waals surface area contributed by atoms with Crippen LogP contribution in [-0.4, -0.2) is 44.0 Å². The van der Waals surface area contributed by atoms with Crippen LogP contribution in [0, 0.1) is 5.92 Å². The topological polar surface area (TPSA) is 12.5 Å². The molecule has 15 heavy (non-hydrogen) atoms. The third-order valence-corrected chi connectivity index (χ3v) is 3.15. The van der Waals surface area contributed by atoms with Crippen molar-refractivity contribution in [3.05, 3.63) is 0 Å². The van der Waals surface area contributed by atoms with Gasteiger partial charge in [0.05, 0.1) is 6.10 Å². The van der Waals surface area contributed by atoms with Gasteiger partial charge in [-0.25, -0.2) is 0 Å². The maximum Gasteiger partial charge on any atom is 0.140 e. The van der Waals surface area contributed by atoms with E-state index in [0.717, 1.165) is 19.0 Å². The number of rotatable bonds is 4. The van der Waals surface area contributed by atoms with Crippen LogP contribution in [0.1, 0.15) is 40.5 Å². The van der Waals surface area contributed by atoms with Crippen molar-refractivity contribution in [3.8, 4) is 0 Å². The van der Waals surface area contributed by atoms with Crippen molar-refractivity contribution in [3.63, 3.8) is 0 Å². The summed E-state index contributed by atoms with van der Waals surface area (Å²) in [5.74, 6) is 0.790. The maximum atomic E-state index is 5.98. The summed E-state index contributed by atoms with van der Waals surface area (Å²) in [6, 6.07) is 1.05. The summed E-state index contributed by atoms with van der Waals surface area (Å²) < 4.78 is 5.98. The average molecular weight is 211 g/mol. The molecule has 2 nitrogen and oxygen atoms in total. The smallest absolute Gasteiger partial charge is 0.140 e. The fourth-order valence-corrected chi connectivity index (χ4v) is 2.18. The van der Waals surface area contributed by atoms with Gasteiger partial charge in [-0.15, -0.1) is 0 Å². The molecule has 0 bridgehead atoms. The fraction of sp³-hybridized carbons (Fsp3) is 1.00. The number of nitrogens with zero attached hydrogens (tertiary/aromatic N) is 1. The molecule has 1 aliphatic heterocycles. The van der Waals surface area contributed by atoms with Gasteiger partial charge < -0.3 is 4.74 Å². The van der Waals surface area contributed by atoms with Crippen LogP contribution in [0.3, 0.4) is 0 Å². The largest absolute Gasteiger partial charge is 0.381 e. The van der Waals surface area contributed by atoms with Gasteiger partial charge >= 0.3 is 0 Å². The van der Waals surface area contributed by atoms with Crippen LogP contribution in [0.5, 0.6) is 0 Å². The van der Waals surface area contributed by atoms with Crippen LogP contribution in [-0.2, 0) is 4.74 Å². The molecule has 1 saturated heterocycles. The quantitative estimate of drug-likeness (QED) is 0.653. The third-order valence-electron chi connectivity index (χ3n) is 3.15. The number of hydrogen-bond acceptors (Lipinski definition) is 2. The second kappa shape index (κ2) is 5.90. The van der Waals surface area contributed by atoms with E-state index in [-0.39, 0.29) is 0 Å². The predicted octanol–water partition coefficient (Wildman–Crippen LogP) is 1.49. The number of morpholine rings is 1. The lowest BCUT2D eigenvalue weighted by atomic mass is 9.95. The second-order valence-corrected chi connectivity index (χ2v) is 5.59. The van der Waals surface area contributed by atoms with E-state index in [4.69, 9.17) is 4.74 Å². The molecule has 88 valence electrons. The molecule has 0 aromatic heterocycles. The summed E-state index contributed by atoms with van der Waals surface area (Å²) in [7, 11) is 2.19. The lowest BCUT2D eigenvalue weighted by Gasteiger charge is -2.39. The Morgan fingerprint density at radius 3 is 2.47 bits per heavy atom. The first-order valence-electron chi connectivity index (χ1n) is 6.38. The summed E-state index contributed by atoms with van der Waals surface area (Å²) in [4.78, 5) is 2.54. The minimum absolute atomic E-state index is 0.401. The highest BCUT2D eigenvalue weighted by molar-refractivity contribution is 6.11. The van der Waals surface area contributed by atoms with E-state index in [1.165, 1.54) is 12.8 Å². The van der Waals surface area contributed by atoms with Crippen molar-refractivity contribution in [2.24, 2.45) is 5.92 Å². The van der Waals surface area contributed by atoms with Gasteiger partial charge in [-0.1, -0.05) is 13.8 Å². The van der Waals surface area contributed by atoms with Crippen molar-refractivity contribution >= 4 is 7.85 Å². The lowest BCUT2D eigenvalue weighted by molar-refractivity contribution is -0.0634. The summed E-state index contributed by atoms with van der Waals surface area (Å²) in [5, 5.41) is 0. The SMILES string of the molecule is BC1CN(C(C)C)CC(CCC(C)C)O1. The Balaban J connectivity index is 2.37. The van der Waals surface area contributed by atoms with Crippen molar-refractivity contribution < 1.29 is 4.74 Å². The van der Waals surface area contributed by atoms with Crippen molar-refractivity contribution in [1.29, 1.82) is 0 Å². The van der Waals surface area contributed by atoms with Crippen LogP contribution in [0.4, 0.5) is 0 Å². The minimum atomic E-state index is 0.401. The third kappa shape index (κ3) is 4.56. The molecule has 1 fully saturated rings. The monoisotopic (exact) mass is 211 g/mol. The van der Waals surface area contributed by atoms with Gasteiger partial charge in [-0.2, -0.15) is 0 Å². The first-order chi connectivity index (χ1) is 6.99. The second-order valence-electron chi connectivity index (χ2n) is 5.59. The zero-order chi connectivity index (χ0) is 11.4. The summed E-state index contributed by atoms with van der Waals surface area (Å²) in [6.45, 7) is 11.3. The van der Waals surface area contributed by atoms with Crippen molar-refractivity contribution in [2.45, 2.75) is 58.7 Å². The molecular formula is C12H26BNO. The summed E-state index contributed by atoms with van der Waals surface area (Å²) in [5.41, 5.74) is 0. The molecule has 0 aromatic rings. The molecule has 0 N–H and O–H groups in total. The zero-order valence-corrected chi connectivity index (χ0v) is 11.0. The lowest BCUT2D eigenvalue weighted by Crippen LogP contribution is -2.50. The highest BCUT2D eigenvalue weighted by Crippen LogP contribution is 2.18. The highest BCUT2D eigenvalue weighted by atomic mass is 16.5. The Labute approximate surface area is 95.8 Å². The molecule has 2 atom stereocenters. The minimum Gasteiger partial charge on any atom is -0.381 e. The van der Waals surface area contributed by atoms with Gasteiger partial charge in [-0.05, 0) is 32.6 Å². The van der Waals surface area contributed by atoms with Gasteiger partial charge in [-0.3, -0.25) is 4.90 Å². The standard InChI is InChI=1S/C12H26BNO/c1-9(2)5-6-11-7-14(10(3)4)8-12(13)15-11/h9-12H,5-8,13H2,1-4H3. The van der Waals surface area contributed by atoms with Gasteiger partial charge in [0.1, 0.15) is 7.85 Å². The molecule has 1 aliphatic rings. The molecule has 2 unspecified atom stereocenters.